The molecule has 1 amide bonds. The molecule has 128 valence electrons. The van der Waals surface area contributed by atoms with Crippen LogP contribution in [0.25, 0.3) is 0 Å². The van der Waals surface area contributed by atoms with Crippen LogP contribution < -0.4 is 5.32 Å². The lowest BCUT2D eigenvalue weighted by atomic mass is 10.1. The molecule has 1 aromatic carbocycles. The Hall–Kier alpha value is -2.31. The number of aromatic nitrogens is 2. The van der Waals surface area contributed by atoms with Crippen LogP contribution in [0.2, 0.25) is 0 Å². The fourth-order valence-electron chi connectivity index (χ4n) is 2.65. The predicted molar refractivity (Wildman–Crippen MR) is 82.7 cm³/mol. The number of carbonyl (C=O) groups excluding carboxylic acids is 1. The van der Waals surface area contributed by atoms with Crippen molar-refractivity contribution < 1.29 is 18.0 Å². The molecule has 0 atom stereocenters. The lowest BCUT2D eigenvalue weighted by Crippen LogP contribution is -2.28. The highest BCUT2D eigenvalue weighted by molar-refractivity contribution is 5.95. The highest BCUT2D eigenvalue weighted by Gasteiger charge is 2.37. The Kier molecular flexibility index (Phi) is 4.34. The lowest BCUT2D eigenvalue weighted by Gasteiger charge is -2.09. The van der Waals surface area contributed by atoms with Crippen molar-refractivity contribution in [2.45, 2.75) is 38.4 Å². The standard InChI is InChI=1S/C17H18F3N3O/c1-11-4-2-3-5-13(11)16(24)21-8-9-23-14(12-6-7-12)10-15(22-23)17(18,19)20/h2-5,10,12H,6-9H2,1H3,(H,21,24). The Labute approximate surface area is 137 Å². The summed E-state index contributed by atoms with van der Waals surface area (Å²) in [5.41, 5.74) is 1.16. The third-order valence-corrected chi connectivity index (χ3v) is 4.10. The molecule has 1 N–H and O–H groups in total. The van der Waals surface area contributed by atoms with Crippen molar-refractivity contribution in [3.05, 3.63) is 52.8 Å². The molecule has 1 aliphatic rings. The number of benzene rings is 1. The van der Waals surface area contributed by atoms with Gasteiger partial charge >= 0.3 is 6.18 Å². The molecule has 0 unspecified atom stereocenters. The summed E-state index contributed by atoms with van der Waals surface area (Å²) in [7, 11) is 0. The Morgan fingerprint density at radius 3 is 2.67 bits per heavy atom. The molecule has 4 nitrogen and oxygen atoms in total. The van der Waals surface area contributed by atoms with Crippen LogP contribution in [-0.2, 0) is 12.7 Å². The maximum Gasteiger partial charge on any atom is 0.435 e. The predicted octanol–water partition coefficient (Wildman–Crippen LogP) is 3.52. The summed E-state index contributed by atoms with van der Waals surface area (Å²) in [6.45, 7) is 2.29. The van der Waals surface area contributed by atoms with E-state index in [2.05, 4.69) is 10.4 Å². The zero-order chi connectivity index (χ0) is 17.3. The third kappa shape index (κ3) is 3.60. The van der Waals surface area contributed by atoms with Gasteiger partial charge in [-0.3, -0.25) is 9.48 Å². The van der Waals surface area contributed by atoms with E-state index >= 15 is 0 Å². The normalized spacial score (nSPS) is 14.7. The Morgan fingerprint density at radius 1 is 1.33 bits per heavy atom. The summed E-state index contributed by atoms with van der Waals surface area (Å²) in [6, 6.07) is 8.30. The second-order valence-corrected chi connectivity index (χ2v) is 6.02. The van der Waals surface area contributed by atoms with Crippen LogP contribution in [-0.4, -0.2) is 22.2 Å². The number of nitrogens with zero attached hydrogens (tertiary/aromatic N) is 2. The maximum absolute atomic E-state index is 12.8. The topological polar surface area (TPSA) is 46.9 Å². The molecule has 0 radical (unpaired) electrons. The van der Waals surface area contributed by atoms with Gasteiger partial charge in [-0.2, -0.15) is 18.3 Å². The molecule has 1 fully saturated rings. The van der Waals surface area contributed by atoms with Gasteiger partial charge in [0.2, 0.25) is 0 Å². The first-order valence-electron chi connectivity index (χ1n) is 7.85. The maximum atomic E-state index is 12.8. The van der Waals surface area contributed by atoms with E-state index in [0.717, 1.165) is 24.5 Å². The monoisotopic (exact) mass is 337 g/mol. The summed E-state index contributed by atoms with van der Waals surface area (Å²) < 4.78 is 39.9. The fourth-order valence-corrected chi connectivity index (χ4v) is 2.65. The molecule has 2 aromatic rings. The number of alkyl halides is 3. The number of aryl methyl sites for hydroxylation is 1. The van der Waals surface area contributed by atoms with E-state index in [1.807, 2.05) is 19.1 Å². The molecule has 0 bridgehead atoms. The van der Waals surface area contributed by atoms with Crippen molar-refractivity contribution in [2.75, 3.05) is 6.54 Å². The third-order valence-electron chi connectivity index (χ3n) is 4.10. The minimum absolute atomic E-state index is 0.153. The summed E-state index contributed by atoms with van der Waals surface area (Å²) in [5.74, 6) is -0.0788. The molecular formula is C17H18F3N3O. The van der Waals surface area contributed by atoms with Crippen molar-refractivity contribution in [3.63, 3.8) is 0 Å². The van der Waals surface area contributed by atoms with Gasteiger partial charge in [0, 0.05) is 23.7 Å². The van der Waals surface area contributed by atoms with E-state index in [0.29, 0.717) is 11.3 Å². The van der Waals surface area contributed by atoms with Crippen LogP contribution in [0.3, 0.4) is 0 Å². The SMILES string of the molecule is Cc1ccccc1C(=O)NCCn1nc(C(F)(F)F)cc1C1CC1. The van der Waals surface area contributed by atoms with Gasteiger partial charge in [0.1, 0.15) is 0 Å². The van der Waals surface area contributed by atoms with Crippen LogP contribution in [0.1, 0.15) is 46.1 Å². The Balaban J connectivity index is 1.65. The van der Waals surface area contributed by atoms with Gasteiger partial charge in [-0.1, -0.05) is 18.2 Å². The average Bonchev–Trinajstić information content (AvgIpc) is 3.26. The molecule has 1 aliphatic carbocycles. The molecule has 7 heteroatoms. The van der Waals surface area contributed by atoms with Crippen molar-refractivity contribution >= 4 is 5.91 Å². The highest BCUT2D eigenvalue weighted by atomic mass is 19.4. The molecule has 0 aliphatic heterocycles. The van der Waals surface area contributed by atoms with Crippen molar-refractivity contribution in [1.82, 2.24) is 15.1 Å². The van der Waals surface area contributed by atoms with Gasteiger partial charge in [-0.05, 0) is 37.5 Å². The minimum Gasteiger partial charge on any atom is -0.350 e. The largest absolute Gasteiger partial charge is 0.435 e. The molecule has 1 heterocycles. The summed E-state index contributed by atoms with van der Waals surface area (Å²) in [5, 5.41) is 6.41. The summed E-state index contributed by atoms with van der Waals surface area (Å²) in [6.07, 6.45) is -2.67. The van der Waals surface area contributed by atoms with Crippen LogP contribution in [0, 0.1) is 6.92 Å². The summed E-state index contributed by atoms with van der Waals surface area (Å²) in [4.78, 5) is 12.1. The number of hydrogen-bond acceptors (Lipinski definition) is 2. The second-order valence-electron chi connectivity index (χ2n) is 6.02. The average molecular weight is 337 g/mol. The van der Waals surface area contributed by atoms with Crippen molar-refractivity contribution in [3.8, 4) is 0 Å². The van der Waals surface area contributed by atoms with E-state index in [-0.39, 0.29) is 24.9 Å². The molecule has 3 rings (SSSR count). The molecule has 0 saturated heterocycles. The van der Waals surface area contributed by atoms with E-state index in [4.69, 9.17) is 0 Å². The van der Waals surface area contributed by atoms with Crippen LogP contribution in [0.15, 0.2) is 30.3 Å². The lowest BCUT2D eigenvalue weighted by molar-refractivity contribution is -0.141. The Morgan fingerprint density at radius 2 is 2.04 bits per heavy atom. The number of rotatable bonds is 5. The highest BCUT2D eigenvalue weighted by Crippen LogP contribution is 2.42. The molecule has 1 aromatic heterocycles. The van der Waals surface area contributed by atoms with Crippen LogP contribution >= 0.6 is 0 Å². The number of hydrogen-bond donors (Lipinski definition) is 1. The van der Waals surface area contributed by atoms with E-state index < -0.39 is 11.9 Å². The van der Waals surface area contributed by atoms with Gasteiger partial charge < -0.3 is 5.32 Å². The molecule has 24 heavy (non-hydrogen) atoms. The van der Waals surface area contributed by atoms with Crippen LogP contribution in [0.4, 0.5) is 13.2 Å². The van der Waals surface area contributed by atoms with Crippen LogP contribution in [0.5, 0.6) is 0 Å². The molecule has 1 saturated carbocycles. The zero-order valence-electron chi connectivity index (χ0n) is 13.2. The zero-order valence-corrected chi connectivity index (χ0v) is 13.2. The van der Waals surface area contributed by atoms with Crippen molar-refractivity contribution in [2.24, 2.45) is 0 Å². The van der Waals surface area contributed by atoms with Gasteiger partial charge in [0.05, 0.1) is 6.54 Å². The van der Waals surface area contributed by atoms with Crippen molar-refractivity contribution in [1.29, 1.82) is 0 Å². The smallest absolute Gasteiger partial charge is 0.350 e. The van der Waals surface area contributed by atoms with E-state index in [9.17, 15) is 18.0 Å². The second kappa shape index (κ2) is 6.30. The molecular weight excluding hydrogens is 319 g/mol. The van der Waals surface area contributed by atoms with E-state index in [1.165, 1.54) is 4.68 Å². The minimum atomic E-state index is -4.45. The summed E-state index contributed by atoms with van der Waals surface area (Å²) >= 11 is 0. The van der Waals surface area contributed by atoms with Gasteiger partial charge in [-0.25, -0.2) is 0 Å². The first-order valence-corrected chi connectivity index (χ1v) is 7.85. The number of halogens is 3. The quantitative estimate of drug-likeness (QED) is 0.907. The number of nitrogens with one attached hydrogen (secondary N) is 1. The van der Waals surface area contributed by atoms with Gasteiger partial charge in [-0.15, -0.1) is 0 Å². The fraction of sp³-hybridized carbons (Fsp3) is 0.412. The molecule has 0 spiro atoms. The van der Waals surface area contributed by atoms with E-state index in [1.54, 1.807) is 12.1 Å². The first kappa shape index (κ1) is 16.5. The Bertz CT molecular complexity index is 748. The first-order chi connectivity index (χ1) is 11.4. The van der Waals surface area contributed by atoms with Gasteiger partial charge in [0.15, 0.2) is 5.69 Å². The number of carbonyl (C=O) groups is 1. The van der Waals surface area contributed by atoms with Gasteiger partial charge in [0.25, 0.3) is 5.91 Å². The number of amides is 1.